The molecule has 2 N–H and O–H groups in total. The number of benzene rings is 1. The van der Waals surface area contributed by atoms with E-state index in [0.29, 0.717) is 31.6 Å². The molecule has 4 rings (SSSR count). The zero-order valence-electron chi connectivity index (χ0n) is 16.8. The molecule has 7 nitrogen and oxygen atoms in total. The second-order valence-electron chi connectivity index (χ2n) is 7.68. The van der Waals surface area contributed by atoms with Gasteiger partial charge in [0.05, 0.1) is 24.8 Å². The fraction of sp³-hybridized carbons (Fsp3) is 0.600. The van der Waals surface area contributed by atoms with E-state index in [1.165, 1.54) is 0 Å². The van der Waals surface area contributed by atoms with Gasteiger partial charge < -0.3 is 20.3 Å². The van der Waals surface area contributed by atoms with Crippen molar-refractivity contribution in [2.45, 2.75) is 19.4 Å². The molecule has 1 aromatic carbocycles. The van der Waals surface area contributed by atoms with Crippen LogP contribution in [0.3, 0.4) is 0 Å². The van der Waals surface area contributed by atoms with Gasteiger partial charge in [0.25, 0.3) is 0 Å². The molecule has 168 valence electrons. The van der Waals surface area contributed by atoms with Crippen molar-refractivity contribution in [1.29, 1.82) is 0 Å². The Bertz CT molecular complexity index is 762. The van der Waals surface area contributed by atoms with E-state index in [4.69, 9.17) is 4.74 Å². The van der Waals surface area contributed by atoms with E-state index in [1.54, 1.807) is 11.0 Å². The van der Waals surface area contributed by atoms with Gasteiger partial charge in [-0.15, -0.1) is 24.8 Å². The Hall–Kier alpha value is -1.45. The lowest BCUT2D eigenvalue weighted by atomic mass is 9.99. The summed E-state index contributed by atoms with van der Waals surface area (Å²) >= 11 is 0. The third-order valence-corrected chi connectivity index (χ3v) is 5.84. The van der Waals surface area contributed by atoms with Crippen molar-refractivity contribution in [2.24, 2.45) is 5.92 Å². The van der Waals surface area contributed by atoms with Crippen LogP contribution in [-0.2, 0) is 27.3 Å². The zero-order chi connectivity index (χ0) is 19.5. The normalized spacial score (nSPS) is 21.4. The summed E-state index contributed by atoms with van der Waals surface area (Å²) in [6, 6.07) is 3.47. The largest absolute Gasteiger partial charge is 0.379 e. The number of anilines is 1. The maximum absolute atomic E-state index is 14.7. The molecule has 0 aliphatic carbocycles. The number of nitrogens with zero attached hydrogens (tertiary/aromatic N) is 2. The van der Waals surface area contributed by atoms with E-state index >= 15 is 0 Å². The first-order valence-corrected chi connectivity index (χ1v) is 10.0. The molecule has 2 saturated heterocycles. The topological polar surface area (TPSA) is 73.9 Å². The second-order valence-corrected chi connectivity index (χ2v) is 7.68. The zero-order valence-corrected chi connectivity index (χ0v) is 18.5. The van der Waals surface area contributed by atoms with Gasteiger partial charge in [0.2, 0.25) is 11.8 Å². The van der Waals surface area contributed by atoms with Crippen LogP contribution in [-0.4, -0.2) is 74.1 Å². The number of nitrogens with one attached hydrogen (secondary N) is 2. The van der Waals surface area contributed by atoms with Crippen LogP contribution in [0.1, 0.15) is 17.5 Å². The molecule has 3 aliphatic rings. The van der Waals surface area contributed by atoms with Crippen molar-refractivity contribution in [3.8, 4) is 0 Å². The maximum Gasteiger partial charge on any atom is 0.229 e. The minimum absolute atomic E-state index is 0. The van der Waals surface area contributed by atoms with Crippen LogP contribution in [0.2, 0.25) is 0 Å². The van der Waals surface area contributed by atoms with Crippen molar-refractivity contribution in [1.82, 2.24) is 15.1 Å². The molecule has 0 aromatic heterocycles. The Labute approximate surface area is 188 Å². The van der Waals surface area contributed by atoms with Gasteiger partial charge in [-0.25, -0.2) is 4.39 Å². The lowest BCUT2D eigenvalue weighted by Crippen LogP contribution is -2.42. The average Bonchev–Trinajstić information content (AvgIpc) is 3.10. The van der Waals surface area contributed by atoms with Crippen molar-refractivity contribution in [2.75, 3.05) is 57.8 Å². The molecule has 1 atom stereocenters. The highest BCUT2D eigenvalue weighted by atomic mass is 35.5. The standard InChI is InChI=1S/C20H27FN4O3.2ClH/c21-19-16-3-4-22-12-14(16)1-2-17(19)23-20(27)15-11-18(26)25(13-15)6-5-24-7-9-28-10-8-24;;/h1-2,15,22H,3-13H2,(H,23,27);2*1H. The van der Waals surface area contributed by atoms with Crippen molar-refractivity contribution >= 4 is 42.3 Å². The van der Waals surface area contributed by atoms with Gasteiger partial charge in [0.1, 0.15) is 5.82 Å². The number of hydrogen-bond acceptors (Lipinski definition) is 5. The van der Waals surface area contributed by atoms with Gasteiger partial charge in [-0.3, -0.25) is 14.5 Å². The number of rotatable bonds is 5. The molecule has 0 bridgehead atoms. The molecule has 2 fully saturated rings. The Kier molecular flexibility index (Phi) is 9.31. The third-order valence-electron chi connectivity index (χ3n) is 5.84. The summed E-state index contributed by atoms with van der Waals surface area (Å²) in [4.78, 5) is 28.9. The summed E-state index contributed by atoms with van der Waals surface area (Å²) in [7, 11) is 0. The maximum atomic E-state index is 14.7. The van der Waals surface area contributed by atoms with E-state index < -0.39 is 5.92 Å². The SMILES string of the molecule is Cl.Cl.O=C(Nc1ccc2c(c1F)CCNC2)C1CC(=O)N(CCN2CCOCC2)C1. The highest BCUT2D eigenvalue weighted by Crippen LogP contribution is 2.26. The predicted octanol–water partition coefficient (Wildman–Crippen LogP) is 1.43. The summed E-state index contributed by atoms with van der Waals surface area (Å²) in [6.07, 6.45) is 0.799. The number of likely N-dealkylation sites (tertiary alicyclic amines) is 1. The Balaban J connectivity index is 0.00000160. The Morgan fingerprint density at radius 3 is 2.77 bits per heavy atom. The first kappa shape index (κ1) is 24.8. The first-order chi connectivity index (χ1) is 13.6. The van der Waals surface area contributed by atoms with E-state index in [-0.39, 0.29) is 54.6 Å². The van der Waals surface area contributed by atoms with Crippen LogP contribution >= 0.6 is 24.8 Å². The molecule has 30 heavy (non-hydrogen) atoms. The quantitative estimate of drug-likeness (QED) is 0.692. The van der Waals surface area contributed by atoms with E-state index in [9.17, 15) is 14.0 Å². The van der Waals surface area contributed by atoms with E-state index in [1.807, 2.05) is 6.07 Å². The van der Waals surface area contributed by atoms with Crippen molar-refractivity contribution in [3.63, 3.8) is 0 Å². The predicted molar refractivity (Wildman–Crippen MR) is 117 cm³/mol. The lowest BCUT2D eigenvalue weighted by Gasteiger charge is -2.28. The fourth-order valence-corrected chi connectivity index (χ4v) is 4.12. The van der Waals surface area contributed by atoms with Gasteiger partial charge >= 0.3 is 0 Å². The molecular formula is C20H29Cl2FN4O3. The number of hydrogen-bond donors (Lipinski definition) is 2. The van der Waals surface area contributed by atoms with Crippen LogP contribution < -0.4 is 10.6 Å². The first-order valence-electron chi connectivity index (χ1n) is 10.0. The third kappa shape index (κ3) is 5.62. The van der Waals surface area contributed by atoms with Crippen LogP contribution in [0.15, 0.2) is 12.1 Å². The Morgan fingerprint density at radius 2 is 2.00 bits per heavy atom. The smallest absolute Gasteiger partial charge is 0.229 e. The van der Waals surface area contributed by atoms with Crippen LogP contribution in [0.25, 0.3) is 0 Å². The summed E-state index contributed by atoms with van der Waals surface area (Å²) in [5.74, 6) is -1.07. The summed E-state index contributed by atoms with van der Waals surface area (Å²) in [5.41, 5.74) is 1.82. The molecule has 0 radical (unpaired) electrons. The van der Waals surface area contributed by atoms with Crippen molar-refractivity contribution in [3.05, 3.63) is 29.1 Å². The van der Waals surface area contributed by atoms with Crippen LogP contribution in [0.5, 0.6) is 0 Å². The van der Waals surface area contributed by atoms with E-state index in [2.05, 4.69) is 15.5 Å². The molecule has 3 heterocycles. The van der Waals surface area contributed by atoms with Gasteiger partial charge in [-0.05, 0) is 30.2 Å². The number of carbonyl (C=O) groups excluding carboxylic acids is 2. The number of fused-ring (bicyclic) bond motifs is 1. The Morgan fingerprint density at radius 1 is 1.23 bits per heavy atom. The van der Waals surface area contributed by atoms with Crippen LogP contribution in [0.4, 0.5) is 10.1 Å². The molecule has 1 aromatic rings. The second kappa shape index (κ2) is 11.2. The lowest BCUT2D eigenvalue weighted by molar-refractivity contribution is -0.128. The summed E-state index contributed by atoms with van der Waals surface area (Å²) in [5, 5.41) is 5.92. The highest BCUT2D eigenvalue weighted by Gasteiger charge is 2.34. The van der Waals surface area contributed by atoms with Crippen LogP contribution in [0, 0.1) is 11.7 Å². The molecule has 0 saturated carbocycles. The van der Waals surface area contributed by atoms with Gasteiger partial charge in [-0.2, -0.15) is 0 Å². The fourth-order valence-electron chi connectivity index (χ4n) is 4.12. The number of amides is 2. The van der Waals surface area contributed by atoms with Gasteiger partial charge in [0, 0.05) is 45.7 Å². The molecule has 0 spiro atoms. The summed E-state index contributed by atoms with van der Waals surface area (Å²) < 4.78 is 20.1. The monoisotopic (exact) mass is 462 g/mol. The number of halogens is 3. The molecule has 2 amide bonds. The number of ether oxygens (including phenoxy) is 1. The van der Waals surface area contributed by atoms with Crippen molar-refractivity contribution < 1.29 is 18.7 Å². The molecule has 10 heteroatoms. The molecule has 3 aliphatic heterocycles. The number of carbonyl (C=O) groups is 2. The van der Waals surface area contributed by atoms with E-state index in [0.717, 1.165) is 45.0 Å². The minimum atomic E-state index is -0.436. The van der Waals surface area contributed by atoms with Gasteiger partial charge in [-0.1, -0.05) is 6.07 Å². The molecule has 1 unspecified atom stereocenters. The minimum Gasteiger partial charge on any atom is -0.379 e. The highest BCUT2D eigenvalue weighted by molar-refractivity contribution is 5.97. The van der Waals surface area contributed by atoms with Gasteiger partial charge in [0.15, 0.2) is 0 Å². The summed E-state index contributed by atoms with van der Waals surface area (Å²) in [6.45, 7) is 6.37. The number of morpholine rings is 1. The molecular weight excluding hydrogens is 434 g/mol. The average molecular weight is 463 g/mol.